The lowest BCUT2D eigenvalue weighted by atomic mass is 10.1. The van der Waals surface area contributed by atoms with E-state index in [0.717, 1.165) is 31.9 Å². The SMILES string of the molecule is CC1COCCN1Cc1ccc(F)c(C#CCN)c1. The van der Waals surface area contributed by atoms with Gasteiger partial charge in [0.2, 0.25) is 0 Å². The Kier molecular flexibility index (Phi) is 4.92. The van der Waals surface area contributed by atoms with Crippen molar-refractivity contribution in [2.24, 2.45) is 5.73 Å². The van der Waals surface area contributed by atoms with Crippen molar-refractivity contribution in [3.05, 3.63) is 35.1 Å². The molecule has 0 amide bonds. The molecule has 1 unspecified atom stereocenters. The second kappa shape index (κ2) is 6.67. The molecular formula is C15H19FN2O. The van der Waals surface area contributed by atoms with Crippen molar-refractivity contribution in [1.29, 1.82) is 0 Å². The maximum atomic E-state index is 13.6. The first-order valence-electron chi connectivity index (χ1n) is 6.50. The van der Waals surface area contributed by atoms with Gasteiger partial charge in [-0.25, -0.2) is 4.39 Å². The Hall–Kier alpha value is -1.41. The zero-order valence-corrected chi connectivity index (χ0v) is 11.2. The van der Waals surface area contributed by atoms with Crippen LogP contribution in [0.25, 0.3) is 0 Å². The highest BCUT2D eigenvalue weighted by molar-refractivity contribution is 5.38. The van der Waals surface area contributed by atoms with Gasteiger partial charge >= 0.3 is 0 Å². The number of rotatable bonds is 2. The molecule has 0 spiro atoms. The lowest BCUT2D eigenvalue weighted by Gasteiger charge is -2.33. The summed E-state index contributed by atoms with van der Waals surface area (Å²) in [6.45, 7) is 5.58. The molecule has 1 fully saturated rings. The van der Waals surface area contributed by atoms with E-state index in [1.54, 1.807) is 6.07 Å². The van der Waals surface area contributed by atoms with E-state index in [2.05, 4.69) is 23.7 Å². The fourth-order valence-electron chi connectivity index (χ4n) is 2.14. The van der Waals surface area contributed by atoms with Gasteiger partial charge in [0.15, 0.2) is 0 Å². The Morgan fingerprint density at radius 3 is 3.11 bits per heavy atom. The number of nitrogens with two attached hydrogens (primary N) is 1. The Labute approximate surface area is 113 Å². The third-order valence-electron chi connectivity index (χ3n) is 3.25. The third kappa shape index (κ3) is 3.77. The minimum atomic E-state index is -0.292. The number of hydrogen-bond donors (Lipinski definition) is 1. The summed E-state index contributed by atoms with van der Waals surface area (Å²) in [6, 6.07) is 5.48. The minimum Gasteiger partial charge on any atom is -0.379 e. The van der Waals surface area contributed by atoms with Gasteiger partial charge in [-0.1, -0.05) is 17.9 Å². The van der Waals surface area contributed by atoms with E-state index in [1.165, 1.54) is 6.07 Å². The molecule has 1 atom stereocenters. The molecule has 0 aromatic heterocycles. The second-order valence-corrected chi connectivity index (χ2v) is 4.71. The lowest BCUT2D eigenvalue weighted by molar-refractivity contribution is -0.00437. The minimum absolute atomic E-state index is 0.240. The van der Waals surface area contributed by atoms with Gasteiger partial charge in [-0.2, -0.15) is 0 Å². The Balaban J connectivity index is 2.12. The predicted octanol–water partition coefficient (Wildman–Crippen LogP) is 1.36. The molecule has 1 saturated heterocycles. The zero-order valence-electron chi connectivity index (χ0n) is 11.2. The smallest absolute Gasteiger partial charge is 0.138 e. The van der Waals surface area contributed by atoms with Gasteiger partial charge in [0.25, 0.3) is 0 Å². The lowest BCUT2D eigenvalue weighted by Crippen LogP contribution is -2.42. The van der Waals surface area contributed by atoms with Crippen molar-refractivity contribution >= 4 is 0 Å². The standard InChI is InChI=1S/C15H19FN2O/c1-12-11-19-8-7-18(12)10-13-4-5-15(16)14(9-13)3-2-6-17/h4-5,9,12H,6-8,10-11,17H2,1H3. The molecule has 2 N–H and O–H groups in total. The normalized spacial score (nSPS) is 19.8. The molecule has 1 aliphatic heterocycles. The van der Waals surface area contributed by atoms with Crippen LogP contribution in [0.2, 0.25) is 0 Å². The number of halogens is 1. The first kappa shape index (κ1) is 14.0. The molecule has 3 nitrogen and oxygen atoms in total. The first-order valence-corrected chi connectivity index (χ1v) is 6.50. The molecule has 0 bridgehead atoms. The van der Waals surface area contributed by atoms with Crippen LogP contribution in [0.4, 0.5) is 4.39 Å². The molecular weight excluding hydrogens is 243 g/mol. The van der Waals surface area contributed by atoms with Crippen molar-refractivity contribution in [2.75, 3.05) is 26.3 Å². The van der Waals surface area contributed by atoms with Crippen LogP contribution in [-0.4, -0.2) is 37.2 Å². The maximum absolute atomic E-state index is 13.6. The Bertz CT molecular complexity index is 493. The summed E-state index contributed by atoms with van der Waals surface area (Å²) in [7, 11) is 0. The molecule has 1 aromatic rings. The van der Waals surface area contributed by atoms with Crippen molar-refractivity contribution in [2.45, 2.75) is 19.5 Å². The summed E-state index contributed by atoms with van der Waals surface area (Å²) in [4.78, 5) is 2.33. The van der Waals surface area contributed by atoms with Crippen molar-refractivity contribution in [3.8, 4) is 11.8 Å². The van der Waals surface area contributed by atoms with Gasteiger partial charge in [-0.15, -0.1) is 0 Å². The summed E-state index contributed by atoms with van der Waals surface area (Å²) in [5.41, 5.74) is 6.80. The predicted molar refractivity (Wildman–Crippen MR) is 73.0 cm³/mol. The fraction of sp³-hybridized carbons (Fsp3) is 0.467. The van der Waals surface area contributed by atoms with E-state index in [0.29, 0.717) is 11.6 Å². The van der Waals surface area contributed by atoms with E-state index in [1.807, 2.05) is 6.07 Å². The summed E-state index contributed by atoms with van der Waals surface area (Å²) < 4.78 is 19.0. The molecule has 4 heteroatoms. The molecule has 19 heavy (non-hydrogen) atoms. The number of morpholine rings is 1. The monoisotopic (exact) mass is 262 g/mol. The number of benzene rings is 1. The summed E-state index contributed by atoms with van der Waals surface area (Å²) in [6.07, 6.45) is 0. The molecule has 102 valence electrons. The van der Waals surface area contributed by atoms with Crippen LogP contribution in [-0.2, 0) is 11.3 Å². The largest absolute Gasteiger partial charge is 0.379 e. The van der Waals surface area contributed by atoms with Crippen LogP contribution in [0, 0.1) is 17.7 Å². The molecule has 1 aromatic carbocycles. The molecule has 0 aliphatic carbocycles. The highest BCUT2D eigenvalue weighted by Gasteiger charge is 2.18. The molecule has 0 saturated carbocycles. The van der Waals surface area contributed by atoms with Gasteiger partial charge in [0.05, 0.1) is 25.3 Å². The number of nitrogens with zero attached hydrogens (tertiary/aromatic N) is 1. The van der Waals surface area contributed by atoms with Crippen LogP contribution < -0.4 is 5.73 Å². The van der Waals surface area contributed by atoms with Crippen molar-refractivity contribution in [3.63, 3.8) is 0 Å². The van der Waals surface area contributed by atoms with Crippen LogP contribution in [0.3, 0.4) is 0 Å². The van der Waals surface area contributed by atoms with Crippen molar-refractivity contribution < 1.29 is 9.13 Å². The van der Waals surface area contributed by atoms with Crippen LogP contribution in [0.5, 0.6) is 0 Å². The van der Waals surface area contributed by atoms with Crippen LogP contribution in [0.15, 0.2) is 18.2 Å². The Morgan fingerprint density at radius 2 is 2.37 bits per heavy atom. The maximum Gasteiger partial charge on any atom is 0.138 e. The van der Waals surface area contributed by atoms with E-state index >= 15 is 0 Å². The highest BCUT2D eigenvalue weighted by atomic mass is 19.1. The molecule has 0 radical (unpaired) electrons. The molecule has 2 rings (SSSR count). The topological polar surface area (TPSA) is 38.5 Å². The van der Waals surface area contributed by atoms with Gasteiger partial charge in [-0.05, 0) is 24.6 Å². The summed E-state index contributed by atoms with van der Waals surface area (Å²) >= 11 is 0. The van der Waals surface area contributed by atoms with Gasteiger partial charge in [0.1, 0.15) is 5.82 Å². The molecule has 1 aliphatic rings. The van der Waals surface area contributed by atoms with E-state index in [9.17, 15) is 4.39 Å². The number of hydrogen-bond acceptors (Lipinski definition) is 3. The third-order valence-corrected chi connectivity index (χ3v) is 3.25. The van der Waals surface area contributed by atoms with E-state index < -0.39 is 0 Å². The molecule has 1 heterocycles. The summed E-state index contributed by atoms with van der Waals surface area (Å²) in [5, 5.41) is 0. The van der Waals surface area contributed by atoms with Gasteiger partial charge in [0, 0.05) is 19.1 Å². The first-order chi connectivity index (χ1) is 9.20. The highest BCUT2D eigenvalue weighted by Crippen LogP contribution is 2.15. The van der Waals surface area contributed by atoms with Crippen LogP contribution in [0.1, 0.15) is 18.1 Å². The summed E-state index contributed by atoms with van der Waals surface area (Å²) in [5.74, 6) is 5.17. The van der Waals surface area contributed by atoms with E-state index in [-0.39, 0.29) is 12.4 Å². The van der Waals surface area contributed by atoms with Crippen molar-refractivity contribution in [1.82, 2.24) is 4.90 Å². The number of ether oxygens (including phenoxy) is 1. The van der Waals surface area contributed by atoms with E-state index in [4.69, 9.17) is 10.5 Å². The fourth-order valence-corrected chi connectivity index (χ4v) is 2.14. The van der Waals surface area contributed by atoms with Crippen LogP contribution >= 0.6 is 0 Å². The average molecular weight is 262 g/mol. The average Bonchev–Trinajstić information content (AvgIpc) is 2.42. The second-order valence-electron chi connectivity index (χ2n) is 4.71. The zero-order chi connectivity index (χ0) is 13.7. The quantitative estimate of drug-likeness (QED) is 0.818. The van der Waals surface area contributed by atoms with Gasteiger partial charge < -0.3 is 10.5 Å². The Morgan fingerprint density at radius 1 is 1.53 bits per heavy atom. The van der Waals surface area contributed by atoms with Gasteiger partial charge in [-0.3, -0.25) is 4.90 Å².